The highest BCUT2D eigenvalue weighted by Gasteiger charge is 2.10. The van der Waals surface area contributed by atoms with Crippen molar-refractivity contribution in [3.63, 3.8) is 0 Å². The summed E-state index contributed by atoms with van der Waals surface area (Å²) >= 11 is 5.92. The van der Waals surface area contributed by atoms with Gasteiger partial charge in [-0.2, -0.15) is 0 Å². The Hall–Kier alpha value is -1.59. The van der Waals surface area contributed by atoms with Crippen molar-refractivity contribution in [1.82, 2.24) is 5.32 Å². The second-order valence-corrected chi connectivity index (χ2v) is 4.47. The van der Waals surface area contributed by atoms with Crippen LogP contribution in [0.2, 0.25) is 5.02 Å². The van der Waals surface area contributed by atoms with Crippen LogP contribution in [0.15, 0.2) is 18.2 Å². The third-order valence-electron chi connectivity index (χ3n) is 2.58. The molecule has 1 aromatic rings. The third-order valence-corrected chi connectivity index (χ3v) is 2.91. The van der Waals surface area contributed by atoms with Crippen LogP contribution in [-0.2, 0) is 4.79 Å². The Morgan fingerprint density at radius 3 is 2.68 bits per heavy atom. The molecular formula is C13H18ClN3O2. The molecule has 0 bridgehead atoms. The minimum atomic E-state index is -0.288. The molecule has 2 amide bonds. The molecule has 1 aromatic carbocycles. The van der Waals surface area contributed by atoms with E-state index in [-0.39, 0.29) is 11.8 Å². The summed E-state index contributed by atoms with van der Waals surface area (Å²) in [6.07, 6.45) is 1.98. The Morgan fingerprint density at radius 2 is 2.05 bits per heavy atom. The van der Waals surface area contributed by atoms with Gasteiger partial charge in [0.1, 0.15) is 0 Å². The van der Waals surface area contributed by atoms with Crippen molar-refractivity contribution in [3.05, 3.63) is 28.8 Å². The summed E-state index contributed by atoms with van der Waals surface area (Å²) in [6, 6.07) is 4.80. The fraction of sp³-hybridized carbons (Fsp3) is 0.385. The van der Waals surface area contributed by atoms with Gasteiger partial charge in [-0.3, -0.25) is 9.59 Å². The van der Waals surface area contributed by atoms with E-state index in [9.17, 15) is 9.59 Å². The zero-order valence-corrected chi connectivity index (χ0v) is 11.6. The molecule has 19 heavy (non-hydrogen) atoms. The van der Waals surface area contributed by atoms with E-state index in [1.807, 2.05) is 0 Å². The molecule has 1 rings (SSSR count). The smallest absolute Gasteiger partial charge is 0.252 e. The molecule has 6 heteroatoms. The lowest BCUT2D eigenvalue weighted by Crippen LogP contribution is -2.19. The molecule has 5 nitrogen and oxygen atoms in total. The summed E-state index contributed by atoms with van der Waals surface area (Å²) < 4.78 is 0. The third kappa shape index (κ3) is 4.89. The maximum absolute atomic E-state index is 11.6. The highest BCUT2D eigenvalue weighted by molar-refractivity contribution is 6.34. The minimum Gasteiger partial charge on any atom is -0.355 e. The van der Waals surface area contributed by atoms with E-state index in [0.29, 0.717) is 29.2 Å². The number of unbranched alkanes of at least 4 members (excludes halogenated alkanes) is 1. The number of rotatable bonds is 6. The van der Waals surface area contributed by atoms with Crippen molar-refractivity contribution in [2.45, 2.75) is 19.3 Å². The lowest BCUT2D eigenvalue weighted by molar-refractivity contribution is -0.116. The molecule has 0 saturated heterocycles. The van der Waals surface area contributed by atoms with Gasteiger partial charge in [-0.25, -0.2) is 0 Å². The number of hydrogen-bond donors (Lipinski definition) is 3. The van der Waals surface area contributed by atoms with Crippen molar-refractivity contribution in [2.24, 2.45) is 5.73 Å². The summed E-state index contributed by atoms with van der Waals surface area (Å²) in [6.45, 7) is 0.578. The van der Waals surface area contributed by atoms with Gasteiger partial charge in [-0.05, 0) is 37.6 Å². The monoisotopic (exact) mass is 283 g/mol. The summed E-state index contributed by atoms with van der Waals surface area (Å²) in [5.41, 5.74) is 6.25. The van der Waals surface area contributed by atoms with Crippen LogP contribution in [0.1, 0.15) is 29.6 Å². The normalized spacial score (nSPS) is 10.1. The van der Waals surface area contributed by atoms with Crippen LogP contribution in [0.25, 0.3) is 0 Å². The zero-order valence-electron chi connectivity index (χ0n) is 10.8. The quantitative estimate of drug-likeness (QED) is 0.696. The van der Waals surface area contributed by atoms with Gasteiger partial charge in [0.15, 0.2) is 0 Å². The molecule has 0 unspecified atom stereocenters. The first-order chi connectivity index (χ1) is 9.08. The number of carbonyl (C=O) groups excluding carboxylic acids is 2. The number of hydrogen-bond acceptors (Lipinski definition) is 3. The first-order valence-electron chi connectivity index (χ1n) is 6.10. The highest BCUT2D eigenvalue weighted by Crippen LogP contribution is 2.20. The van der Waals surface area contributed by atoms with Crippen LogP contribution in [-0.4, -0.2) is 25.4 Å². The highest BCUT2D eigenvalue weighted by atomic mass is 35.5. The molecule has 0 fully saturated rings. The Morgan fingerprint density at radius 1 is 1.32 bits per heavy atom. The molecular weight excluding hydrogens is 266 g/mol. The number of nitrogens with two attached hydrogens (primary N) is 1. The first kappa shape index (κ1) is 15.5. The maximum atomic E-state index is 11.6. The molecule has 0 atom stereocenters. The van der Waals surface area contributed by atoms with Gasteiger partial charge in [0.05, 0.1) is 10.6 Å². The molecule has 104 valence electrons. The number of amides is 2. The second-order valence-electron chi connectivity index (χ2n) is 4.07. The number of benzene rings is 1. The van der Waals surface area contributed by atoms with Crippen molar-refractivity contribution < 1.29 is 9.59 Å². The Labute approximate surface area is 117 Å². The summed E-state index contributed by atoms with van der Waals surface area (Å²) in [7, 11) is 1.52. The Kier molecular flexibility index (Phi) is 6.32. The average molecular weight is 284 g/mol. The molecule has 0 aromatic heterocycles. The molecule has 0 aliphatic rings. The van der Waals surface area contributed by atoms with Gasteiger partial charge < -0.3 is 16.4 Å². The van der Waals surface area contributed by atoms with E-state index in [1.165, 1.54) is 7.05 Å². The molecule has 4 N–H and O–H groups in total. The average Bonchev–Trinajstić information content (AvgIpc) is 2.40. The predicted octanol–water partition coefficient (Wildman–Crippen LogP) is 1.77. The molecule has 0 spiro atoms. The van der Waals surface area contributed by atoms with Crippen molar-refractivity contribution in [1.29, 1.82) is 0 Å². The SMILES string of the molecule is CNC(=O)c1cc(NC(=O)CCCCN)ccc1Cl. The van der Waals surface area contributed by atoms with E-state index in [4.69, 9.17) is 17.3 Å². The Bertz CT molecular complexity index is 463. The standard InChI is InChI=1S/C13H18ClN3O2/c1-16-13(19)10-8-9(5-6-11(10)14)17-12(18)4-2-3-7-15/h5-6,8H,2-4,7,15H2,1H3,(H,16,19)(H,17,18). The zero-order chi connectivity index (χ0) is 14.3. The van der Waals surface area contributed by atoms with Gasteiger partial charge in [0.25, 0.3) is 5.91 Å². The predicted molar refractivity (Wildman–Crippen MR) is 76.4 cm³/mol. The van der Waals surface area contributed by atoms with Gasteiger partial charge in [0, 0.05) is 19.2 Å². The largest absolute Gasteiger partial charge is 0.355 e. The van der Waals surface area contributed by atoms with E-state index in [1.54, 1.807) is 18.2 Å². The van der Waals surface area contributed by atoms with Crippen molar-refractivity contribution >= 4 is 29.1 Å². The minimum absolute atomic E-state index is 0.0985. The Balaban J connectivity index is 2.69. The van der Waals surface area contributed by atoms with Crippen LogP contribution in [0.5, 0.6) is 0 Å². The van der Waals surface area contributed by atoms with Crippen LogP contribution in [0.3, 0.4) is 0 Å². The van der Waals surface area contributed by atoms with Crippen LogP contribution in [0, 0.1) is 0 Å². The number of halogens is 1. The molecule has 0 aliphatic heterocycles. The fourth-order valence-corrected chi connectivity index (χ4v) is 1.77. The first-order valence-corrected chi connectivity index (χ1v) is 6.48. The van der Waals surface area contributed by atoms with Crippen molar-refractivity contribution in [3.8, 4) is 0 Å². The molecule has 0 aliphatic carbocycles. The van der Waals surface area contributed by atoms with E-state index in [2.05, 4.69) is 10.6 Å². The van der Waals surface area contributed by atoms with E-state index < -0.39 is 0 Å². The number of carbonyl (C=O) groups is 2. The van der Waals surface area contributed by atoms with Crippen LogP contribution in [0.4, 0.5) is 5.69 Å². The lowest BCUT2D eigenvalue weighted by atomic mass is 10.1. The molecule has 0 saturated carbocycles. The molecule has 0 heterocycles. The van der Waals surface area contributed by atoms with E-state index in [0.717, 1.165) is 12.8 Å². The van der Waals surface area contributed by atoms with Crippen LogP contribution >= 0.6 is 11.6 Å². The summed E-state index contributed by atoms with van der Waals surface area (Å²) in [5.74, 6) is -0.386. The van der Waals surface area contributed by atoms with Gasteiger partial charge in [-0.15, -0.1) is 0 Å². The molecule has 0 radical (unpaired) electrons. The van der Waals surface area contributed by atoms with Crippen LogP contribution < -0.4 is 16.4 Å². The van der Waals surface area contributed by atoms with Gasteiger partial charge in [-0.1, -0.05) is 11.6 Å². The topological polar surface area (TPSA) is 84.2 Å². The number of anilines is 1. The lowest BCUT2D eigenvalue weighted by Gasteiger charge is -2.08. The fourth-order valence-electron chi connectivity index (χ4n) is 1.57. The van der Waals surface area contributed by atoms with Gasteiger partial charge >= 0.3 is 0 Å². The second kappa shape index (κ2) is 7.76. The number of nitrogens with one attached hydrogen (secondary N) is 2. The van der Waals surface area contributed by atoms with Crippen molar-refractivity contribution in [2.75, 3.05) is 18.9 Å². The summed E-state index contributed by atoms with van der Waals surface area (Å²) in [5, 5.41) is 5.57. The summed E-state index contributed by atoms with van der Waals surface area (Å²) in [4.78, 5) is 23.2. The maximum Gasteiger partial charge on any atom is 0.252 e. The van der Waals surface area contributed by atoms with Gasteiger partial charge in [0.2, 0.25) is 5.91 Å². The van der Waals surface area contributed by atoms with E-state index >= 15 is 0 Å².